The summed E-state index contributed by atoms with van der Waals surface area (Å²) < 4.78 is 4.88. The maximum atomic E-state index is 11.9. The van der Waals surface area contributed by atoms with Gasteiger partial charge in [0, 0.05) is 25.2 Å². The summed E-state index contributed by atoms with van der Waals surface area (Å²) in [6, 6.07) is 1.89. The van der Waals surface area contributed by atoms with Crippen LogP contribution in [0.3, 0.4) is 0 Å². The number of aromatic nitrogens is 1. The van der Waals surface area contributed by atoms with Crippen LogP contribution in [0.2, 0.25) is 0 Å². The second kappa shape index (κ2) is 4.02. The fourth-order valence-electron chi connectivity index (χ4n) is 1.73. The Bertz CT molecular complexity index is 353. The van der Waals surface area contributed by atoms with E-state index in [0.29, 0.717) is 24.5 Å². The zero-order valence-corrected chi connectivity index (χ0v) is 8.77. The topological polar surface area (TPSA) is 72.4 Å². The minimum Gasteiger partial charge on any atom is -0.361 e. The Kier molecular flexibility index (Phi) is 2.73. The maximum Gasteiger partial charge on any atom is 0.276 e. The Labute approximate surface area is 88.2 Å². The van der Waals surface area contributed by atoms with Crippen LogP contribution in [0.15, 0.2) is 10.6 Å². The first-order valence-corrected chi connectivity index (χ1v) is 5.15. The number of hydrogen-bond donors (Lipinski definition) is 1. The number of carbonyl (C=O) groups excluding carboxylic acids is 1. The third kappa shape index (κ3) is 2.18. The van der Waals surface area contributed by atoms with Crippen LogP contribution in [0.4, 0.5) is 0 Å². The molecule has 1 fully saturated rings. The minimum absolute atomic E-state index is 0.0567. The van der Waals surface area contributed by atoms with Gasteiger partial charge in [-0.3, -0.25) is 4.79 Å². The van der Waals surface area contributed by atoms with Gasteiger partial charge in [0.2, 0.25) is 0 Å². The van der Waals surface area contributed by atoms with Crippen molar-refractivity contribution in [2.24, 2.45) is 5.73 Å². The first kappa shape index (κ1) is 10.2. The fraction of sp³-hybridized carbons (Fsp3) is 0.600. The molecule has 2 rings (SSSR count). The second-order valence-electron chi connectivity index (χ2n) is 3.95. The fourth-order valence-corrected chi connectivity index (χ4v) is 1.73. The summed E-state index contributed by atoms with van der Waals surface area (Å²) >= 11 is 0. The largest absolute Gasteiger partial charge is 0.361 e. The summed E-state index contributed by atoms with van der Waals surface area (Å²) in [5.74, 6) is 0.603. The minimum atomic E-state index is -0.0567. The van der Waals surface area contributed by atoms with E-state index in [1.54, 1.807) is 17.9 Å². The van der Waals surface area contributed by atoms with Crippen LogP contribution in [0.5, 0.6) is 0 Å². The van der Waals surface area contributed by atoms with E-state index in [0.717, 1.165) is 12.8 Å². The molecule has 1 aliphatic rings. The molecular formula is C10H15N3O2. The highest BCUT2D eigenvalue weighted by Crippen LogP contribution is 2.12. The van der Waals surface area contributed by atoms with E-state index in [9.17, 15) is 4.79 Å². The average molecular weight is 209 g/mol. The summed E-state index contributed by atoms with van der Waals surface area (Å²) in [5.41, 5.74) is 6.16. The lowest BCUT2D eigenvalue weighted by molar-refractivity contribution is 0.0704. The zero-order chi connectivity index (χ0) is 10.8. The standard InChI is InChI=1S/C10H15N3O2/c1-7-6-9(12-15-7)10(14)13-4-2-8(11)3-5-13/h6,8H,2-5,11H2,1H3. The van der Waals surface area contributed by atoms with E-state index in [1.165, 1.54) is 0 Å². The van der Waals surface area contributed by atoms with Crippen molar-refractivity contribution in [1.29, 1.82) is 0 Å². The Morgan fingerprint density at radius 1 is 1.60 bits per heavy atom. The molecule has 1 saturated heterocycles. The molecule has 0 bridgehead atoms. The van der Waals surface area contributed by atoms with E-state index in [4.69, 9.17) is 10.3 Å². The van der Waals surface area contributed by atoms with Gasteiger partial charge in [0.05, 0.1) is 0 Å². The van der Waals surface area contributed by atoms with Gasteiger partial charge in [0.1, 0.15) is 5.76 Å². The summed E-state index contributed by atoms with van der Waals surface area (Å²) in [5, 5.41) is 3.71. The van der Waals surface area contributed by atoms with Crippen LogP contribution in [-0.4, -0.2) is 35.1 Å². The predicted octanol–water partition coefficient (Wildman–Crippen LogP) is 0.546. The van der Waals surface area contributed by atoms with Crippen molar-refractivity contribution in [3.05, 3.63) is 17.5 Å². The molecule has 1 aromatic heterocycles. The number of nitrogens with two attached hydrogens (primary N) is 1. The van der Waals surface area contributed by atoms with Crippen molar-refractivity contribution in [2.45, 2.75) is 25.8 Å². The number of hydrogen-bond acceptors (Lipinski definition) is 4. The van der Waals surface area contributed by atoms with Crippen molar-refractivity contribution in [2.75, 3.05) is 13.1 Å². The van der Waals surface area contributed by atoms with Gasteiger partial charge in [-0.1, -0.05) is 5.16 Å². The van der Waals surface area contributed by atoms with Gasteiger partial charge >= 0.3 is 0 Å². The first-order chi connectivity index (χ1) is 7.16. The van der Waals surface area contributed by atoms with Crippen LogP contribution >= 0.6 is 0 Å². The molecule has 5 nitrogen and oxygen atoms in total. The Morgan fingerprint density at radius 2 is 2.27 bits per heavy atom. The Hall–Kier alpha value is -1.36. The van der Waals surface area contributed by atoms with Gasteiger partial charge in [-0.25, -0.2) is 0 Å². The molecule has 0 radical (unpaired) electrons. The Balaban J connectivity index is 2.02. The SMILES string of the molecule is Cc1cc(C(=O)N2CCC(N)CC2)no1. The molecule has 0 aliphatic carbocycles. The molecule has 82 valence electrons. The van der Waals surface area contributed by atoms with Crippen LogP contribution in [-0.2, 0) is 0 Å². The van der Waals surface area contributed by atoms with Gasteiger partial charge in [-0.05, 0) is 19.8 Å². The smallest absolute Gasteiger partial charge is 0.276 e. The van der Waals surface area contributed by atoms with E-state index in [2.05, 4.69) is 5.16 Å². The van der Waals surface area contributed by atoms with Crippen LogP contribution < -0.4 is 5.73 Å². The predicted molar refractivity (Wildman–Crippen MR) is 54.4 cm³/mol. The molecule has 2 N–H and O–H groups in total. The summed E-state index contributed by atoms with van der Waals surface area (Å²) in [4.78, 5) is 13.7. The highest BCUT2D eigenvalue weighted by molar-refractivity contribution is 5.92. The number of aryl methyl sites for hydroxylation is 1. The van der Waals surface area contributed by atoms with Gasteiger partial charge < -0.3 is 15.2 Å². The quantitative estimate of drug-likeness (QED) is 0.733. The van der Waals surface area contributed by atoms with Gasteiger partial charge in [-0.15, -0.1) is 0 Å². The molecule has 0 aromatic carbocycles. The van der Waals surface area contributed by atoms with Crippen molar-refractivity contribution in [3.8, 4) is 0 Å². The molecule has 1 amide bonds. The van der Waals surface area contributed by atoms with Crippen molar-refractivity contribution in [1.82, 2.24) is 10.1 Å². The number of likely N-dealkylation sites (tertiary alicyclic amines) is 1. The number of carbonyl (C=O) groups is 1. The molecular weight excluding hydrogens is 194 g/mol. The van der Waals surface area contributed by atoms with E-state index < -0.39 is 0 Å². The first-order valence-electron chi connectivity index (χ1n) is 5.15. The molecule has 1 aromatic rings. The van der Waals surface area contributed by atoms with E-state index >= 15 is 0 Å². The van der Waals surface area contributed by atoms with Crippen molar-refractivity contribution < 1.29 is 9.32 Å². The molecule has 2 heterocycles. The van der Waals surface area contributed by atoms with Crippen LogP contribution in [0.1, 0.15) is 29.1 Å². The lowest BCUT2D eigenvalue weighted by Crippen LogP contribution is -2.42. The molecule has 0 spiro atoms. The van der Waals surface area contributed by atoms with Gasteiger partial charge in [-0.2, -0.15) is 0 Å². The van der Waals surface area contributed by atoms with E-state index in [-0.39, 0.29) is 11.9 Å². The monoisotopic (exact) mass is 209 g/mol. The highest BCUT2D eigenvalue weighted by atomic mass is 16.5. The van der Waals surface area contributed by atoms with E-state index in [1.807, 2.05) is 0 Å². The molecule has 5 heteroatoms. The van der Waals surface area contributed by atoms with Crippen molar-refractivity contribution >= 4 is 5.91 Å². The lowest BCUT2D eigenvalue weighted by atomic mass is 10.1. The maximum absolute atomic E-state index is 11.9. The van der Waals surface area contributed by atoms with Crippen molar-refractivity contribution in [3.63, 3.8) is 0 Å². The Morgan fingerprint density at radius 3 is 2.80 bits per heavy atom. The number of rotatable bonds is 1. The lowest BCUT2D eigenvalue weighted by Gasteiger charge is -2.29. The highest BCUT2D eigenvalue weighted by Gasteiger charge is 2.23. The van der Waals surface area contributed by atoms with Gasteiger partial charge in [0.15, 0.2) is 5.69 Å². The molecule has 0 atom stereocenters. The summed E-state index contributed by atoms with van der Waals surface area (Å²) in [7, 11) is 0. The second-order valence-corrected chi connectivity index (χ2v) is 3.95. The number of amides is 1. The van der Waals surface area contributed by atoms with Crippen LogP contribution in [0, 0.1) is 6.92 Å². The van der Waals surface area contributed by atoms with Gasteiger partial charge in [0.25, 0.3) is 5.91 Å². The average Bonchev–Trinajstić information content (AvgIpc) is 2.65. The summed E-state index contributed by atoms with van der Waals surface area (Å²) in [6.45, 7) is 3.20. The van der Waals surface area contributed by atoms with Crippen LogP contribution in [0.25, 0.3) is 0 Å². The third-order valence-corrected chi connectivity index (χ3v) is 2.67. The molecule has 0 saturated carbocycles. The number of nitrogens with zero attached hydrogens (tertiary/aromatic N) is 2. The molecule has 0 unspecified atom stereocenters. The third-order valence-electron chi connectivity index (χ3n) is 2.67. The molecule has 1 aliphatic heterocycles. The number of piperidine rings is 1. The molecule has 15 heavy (non-hydrogen) atoms. The summed E-state index contributed by atoms with van der Waals surface area (Å²) in [6.07, 6.45) is 1.73. The zero-order valence-electron chi connectivity index (χ0n) is 8.77. The normalized spacial score (nSPS) is 18.1.